The third-order valence-electron chi connectivity index (χ3n) is 2.17. The Morgan fingerprint density at radius 3 is 2.56 bits per heavy atom. The van der Waals surface area contributed by atoms with E-state index in [0.717, 1.165) is 13.3 Å². The highest BCUT2D eigenvalue weighted by Gasteiger charge is 2.40. The van der Waals surface area contributed by atoms with Gasteiger partial charge >= 0.3 is 6.18 Å². The van der Waals surface area contributed by atoms with Crippen molar-refractivity contribution in [2.24, 2.45) is 7.05 Å². The molecule has 0 aromatic carbocycles. The van der Waals surface area contributed by atoms with Crippen molar-refractivity contribution in [3.05, 3.63) is 23.5 Å². The van der Waals surface area contributed by atoms with Crippen molar-refractivity contribution < 1.29 is 27.1 Å². The van der Waals surface area contributed by atoms with Gasteiger partial charge in [0.2, 0.25) is 11.6 Å². The number of rotatable bonds is 2. The van der Waals surface area contributed by atoms with Crippen LogP contribution in [0.5, 0.6) is 0 Å². The maximum Gasteiger partial charge on any atom is 0.438 e. The molecule has 0 aliphatic heterocycles. The van der Waals surface area contributed by atoms with E-state index in [-0.39, 0.29) is 11.6 Å². The van der Waals surface area contributed by atoms with Crippen LogP contribution in [-0.4, -0.2) is 19.9 Å². The smallest absolute Gasteiger partial charge is 0.438 e. The van der Waals surface area contributed by atoms with Gasteiger partial charge in [-0.25, -0.2) is 9.37 Å². The van der Waals surface area contributed by atoms with Crippen molar-refractivity contribution in [3.63, 3.8) is 0 Å². The fourth-order valence-corrected chi connectivity index (χ4v) is 1.40. The molecule has 0 fully saturated rings. The van der Waals surface area contributed by atoms with E-state index < -0.39 is 30.0 Å². The number of aromatic nitrogens is 3. The van der Waals surface area contributed by atoms with Gasteiger partial charge in [0.05, 0.1) is 6.61 Å². The maximum absolute atomic E-state index is 13.6. The second-order valence-corrected chi connectivity index (χ2v) is 3.43. The molecule has 0 aliphatic rings. The number of hydrogen-bond acceptors (Lipinski definition) is 4. The zero-order valence-electron chi connectivity index (χ0n) is 8.99. The van der Waals surface area contributed by atoms with E-state index in [4.69, 9.17) is 9.52 Å². The molecular formula is C9H7F4N3O2. The Morgan fingerprint density at radius 1 is 1.44 bits per heavy atom. The number of oxazole rings is 1. The van der Waals surface area contributed by atoms with Crippen LogP contribution < -0.4 is 0 Å². The molecule has 0 saturated carbocycles. The lowest BCUT2D eigenvalue weighted by Crippen LogP contribution is -2.08. The molecule has 0 spiro atoms. The number of aryl methyl sites for hydroxylation is 1. The van der Waals surface area contributed by atoms with Crippen LogP contribution in [0.4, 0.5) is 17.6 Å². The number of aliphatic hydroxyl groups is 1. The summed E-state index contributed by atoms with van der Waals surface area (Å²) in [6, 6.07) is 0. The van der Waals surface area contributed by atoms with E-state index in [2.05, 4.69) is 10.1 Å². The molecule has 0 saturated heterocycles. The van der Waals surface area contributed by atoms with Crippen molar-refractivity contribution in [2.75, 3.05) is 0 Å². The molecule has 2 aromatic heterocycles. The maximum atomic E-state index is 13.6. The van der Waals surface area contributed by atoms with Crippen LogP contribution in [0.3, 0.4) is 0 Å². The molecule has 9 heteroatoms. The monoisotopic (exact) mass is 265 g/mol. The number of aliphatic hydroxyl groups excluding tert-OH is 1. The van der Waals surface area contributed by atoms with Crippen LogP contribution in [0.2, 0.25) is 0 Å². The van der Waals surface area contributed by atoms with Crippen LogP contribution in [0.1, 0.15) is 11.4 Å². The zero-order valence-corrected chi connectivity index (χ0v) is 8.99. The van der Waals surface area contributed by atoms with E-state index in [1.807, 2.05) is 0 Å². The lowest BCUT2D eigenvalue weighted by atomic mass is 10.3. The minimum absolute atomic E-state index is 0.0826. The van der Waals surface area contributed by atoms with Gasteiger partial charge in [0.1, 0.15) is 12.0 Å². The van der Waals surface area contributed by atoms with Gasteiger partial charge < -0.3 is 9.52 Å². The van der Waals surface area contributed by atoms with Gasteiger partial charge in [-0.3, -0.25) is 4.68 Å². The normalized spacial score (nSPS) is 12.1. The highest BCUT2D eigenvalue weighted by Crippen LogP contribution is 2.34. The molecule has 5 nitrogen and oxygen atoms in total. The van der Waals surface area contributed by atoms with E-state index in [0.29, 0.717) is 4.68 Å². The first-order chi connectivity index (χ1) is 8.34. The molecule has 0 unspecified atom stereocenters. The van der Waals surface area contributed by atoms with Crippen molar-refractivity contribution >= 4 is 0 Å². The van der Waals surface area contributed by atoms with Crippen molar-refractivity contribution in [3.8, 4) is 11.6 Å². The van der Waals surface area contributed by atoms with Gasteiger partial charge in [-0.1, -0.05) is 0 Å². The summed E-state index contributed by atoms with van der Waals surface area (Å²) in [7, 11) is 1.14. The summed E-state index contributed by atoms with van der Waals surface area (Å²) in [6.07, 6.45) is -3.87. The standard InChI is InChI=1S/C9H7F4N3O2/c1-16-6(8-14-4(2-17)3-18-8)5(10)7(15-16)9(11,12)13/h3,17H,2H2,1H3. The van der Waals surface area contributed by atoms with Crippen LogP contribution >= 0.6 is 0 Å². The first-order valence-electron chi connectivity index (χ1n) is 4.70. The molecule has 2 aromatic rings. The van der Waals surface area contributed by atoms with E-state index in [1.54, 1.807) is 0 Å². The molecule has 98 valence electrons. The number of hydrogen-bond donors (Lipinski definition) is 1. The molecule has 0 aliphatic carbocycles. The second kappa shape index (κ2) is 4.09. The summed E-state index contributed by atoms with van der Waals surface area (Å²) in [5, 5.41) is 11.8. The summed E-state index contributed by atoms with van der Waals surface area (Å²) in [5.41, 5.74) is -2.08. The van der Waals surface area contributed by atoms with Gasteiger partial charge in [-0.15, -0.1) is 0 Å². The zero-order chi connectivity index (χ0) is 13.5. The fraction of sp³-hybridized carbons (Fsp3) is 0.333. The Bertz CT molecular complexity index is 573. The average molecular weight is 265 g/mol. The van der Waals surface area contributed by atoms with E-state index in [1.165, 1.54) is 0 Å². The van der Waals surface area contributed by atoms with Gasteiger partial charge in [-0.05, 0) is 0 Å². The SMILES string of the molecule is Cn1nc(C(F)(F)F)c(F)c1-c1nc(CO)co1. The van der Waals surface area contributed by atoms with Gasteiger partial charge in [0, 0.05) is 7.05 Å². The Kier molecular flexibility index (Phi) is 2.85. The lowest BCUT2D eigenvalue weighted by Gasteiger charge is -2.00. The molecule has 0 amide bonds. The second-order valence-electron chi connectivity index (χ2n) is 3.43. The van der Waals surface area contributed by atoms with Crippen LogP contribution in [-0.2, 0) is 19.8 Å². The van der Waals surface area contributed by atoms with Gasteiger partial charge in [-0.2, -0.15) is 18.3 Å². The van der Waals surface area contributed by atoms with Crippen molar-refractivity contribution in [1.29, 1.82) is 0 Å². The van der Waals surface area contributed by atoms with Crippen LogP contribution in [0, 0.1) is 5.82 Å². The predicted molar refractivity (Wildman–Crippen MR) is 49.6 cm³/mol. The number of alkyl halides is 3. The molecule has 0 radical (unpaired) electrons. The van der Waals surface area contributed by atoms with Crippen LogP contribution in [0.15, 0.2) is 10.7 Å². The Labute approximate surface area is 97.7 Å². The minimum Gasteiger partial charge on any atom is -0.443 e. The van der Waals surface area contributed by atoms with Gasteiger partial charge in [0.15, 0.2) is 11.5 Å². The Hall–Kier alpha value is -1.90. The fourth-order valence-electron chi connectivity index (χ4n) is 1.40. The molecule has 2 heterocycles. The van der Waals surface area contributed by atoms with Crippen molar-refractivity contribution in [2.45, 2.75) is 12.8 Å². The number of halogens is 4. The van der Waals surface area contributed by atoms with E-state index in [9.17, 15) is 17.6 Å². The highest BCUT2D eigenvalue weighted by molar-refractivity contribution is 5.50. The molecule has 2 rings (SSSR count). The van der Waals surface area contributed by atoms with Crippen molar-refractivity contribution in [1.82, 2.24) is 14.8 Å². The predicted octanol–water partition coefficient (Wildman–Crippen LogP) is 1.73. The third-order valence-corrected chi connectivity index (χ3v) is 2.17. The summed E-state index contributed by atoms with van der Waals surface area (Å²) < 4.78 is 56.4. The minimum atomic E-state index is -4.90. The number of nitrogens with zero attached hydrogens (tertiary/aromatic N) is 3. The summed E-state index contributed by atoms with van der Waals surface area (Å²) in [5.74, 6) is -1.93. The summed E-state index contributed by atoms with van der Waals surface area (Å²) >= 11 is 0. The summed E-state index contributed by atoms with van der Waals surface area (Å²) in [6.45, 7) is -0.463. The molecular weight excluding hydrogens is 258 g/mol. The Balaban J connectivity index is 2.55. The summed E-state index contributed by atoms with van der Waals surface area (Å²) in [4.78, 5) is 3.63. The largest absolute Gasteiger partial charge is 0.443 e. The topological polar surface area (TPSA) is 64.1 Å². The average Bonchev–Trinajstić information content (AvgIpc) is 2.82. The molecule has 18 heavy (non-hydrogen) atoms. The molecule has 0 bridgehead atoms. The highest BCUT2D eigenvalue weighted by atomic mass is 19.4. The quantitative estimate of drug-likeness (QED) is 0.840. The van der Waals surface area contributed by atoms with Crippen LogP contribution in [0.25, 0.3) is 11.6 Å². The molecule has 1 N–H and O–H groups in total. The van der Waals surface area contributed by atoms with E-state index >= 15 is 0 Å². The molecule has 0 atom stereocenters. The third kappa shape index (κ3) is 1.96. The Morgan fingerprint density at radius 2 is 2.11 bits per heavy atom. The first-order valence-corrected chi connectivity index (χ1v) is 4.70. The first kappa shape index (κ1) is 12.6. The lowest BCUT2D eigenvalue weighted by molar-refractivity contribution is -0.143. The van der Waals surface area contributed by atoms with Gasteiger partial charge in [0.25, 0.3) is 0 Å².